The summed E-state index contributed by atoms with van der Waals surface area (Å²) in [4.78, 5) is 23.8. The van der Waals surface area contributed by atoms with Crippen molar-refractivity contribution in [2.75, 3.05) is 0 Å². The van der Waals surface area contributed by atoms with Gasteiger partial charge in [-0.05, 0) is 41.0 Å². The Kier molecular flexibility index (Phi) is 4.85. The zero-order valence-corrected chi connectivity index (χ0v) is 15.5. The van der Waals surface area contributed by atoms with Crippen molar-refractivity contribution in [1.29, 1.82) is 0 Å². The fourth-order valence-corrected chi connectivity index (χ4v) is 3.52. The van der Waals surface area contributed by atoms with E-state index >= 15 is 0 Å². The van der Waals surface area contributed by atoms with Gasteiger partial charge in [0.1, 0.15) is 0 Å². The van der Waals surface area contributed by atoms with Gasteiger partial charge < -0.3 is 0 Å². The van der Waals surface area contributed by atoms with Gasteiger partial charge in [0.15, 0.2) is 0 Å². The number of carbonyl (C=O) groups excluding carboxylic acids is 2. The predicted octanol–water partition coefficient (Wildman–Crippen LogP) is 3.35. The lowest BCUT2D eigenvalue weighted by molar-refractivity contribution is -0.123. The van der Waals surface area contributed by atoms with Crippen LogP contribution in [0.4, 0.5) is 0 Å². The normalized spacial score (nSPS) is 16.5. The summed E-state index contributed by atoms with van der Waals surface area (Å²) in [7, 11) is 0. The summed E-state index contributed by atoms with van der Waals surface area (Å²) >= 11 is 0. The summed E-state index contributed by atoms with van der Waals surface area (Å²) < 4.78 is 0. The van der Waals surface area contributed by atoms with Crippen molar-refractivity contribution in [3.63, 3.8) is 0 Å². The largest absolute Gasteiger partial charge is 0.273 e. The third kappa shape index (κ3) is 3.49. The van der Waals surface area contributed by atoms with Crippen molar-refractivity contribution in [2.45, 2.75) is 19.8 Å². The molecule has 0 saturated heterocycles. The lowest BCUT2D eigenvalue weighted by Gasteiger charge is -2.08. The van der Waals surface area contributed by atoms with Crippen LogP contribution in [0.1, 0.15) is 25.3 Å². The number of fused-ring (bicyclic) bond motifs is 2. The van der Waals surface area contributed by atoms with Crippen molar-refractivity contribution in [3.8, 4) is 0 Å². The maximum Gasteiger partial charge on any atom is 0.248 e. The van der Waals surface area contributed by atoms with Crippen LogP contribution in [0.25, 0.3) is 21.5 Å². The molecule has 1 heterocycles. The minimum atomic E-state index is -0.336. The fraction of sp³-hybridized carbons (Fsp3) is 0.182. The van der Waals surface area contributed by atoms with Crippen molar-refractivity contribution in [3.05, 3.63) is 60.2 Å². The van der Waals surface area contributed by atoms with E-state index in [1.165, 1.54) is 0 Å². The highest BCUT2D eigenvalue weighted by Crippen LogP contribution is 2.27. The Morgan fingerprint density at radius 1 is 1.14 bits per heavy atom. The molecule has 3 aromatic rings. The Bertz CT molecular complexity index is 1080. The molecule has 28 heavy (non-hydrogen) atoms. The summed E-state index contributed by atoms with van der Waals surface area (Å²) in [5, 5.41) is 12.5. The molecule has 140 valence electrons. The van der Waals surface area contributed by atoms with E-state index in [1.807, 2.05) is 36.4 Å². The van der Waals surface area contributed by atoms with Gasteiger partial charge in [0.2, 0.25) is 11.8 Å². The standard InChI is InChI=1S/C22H20N4O2/c1-14-17(22(28)26-24-14)10-11-21(27)25-23-13-20-18-8-4-2-6-15(18)12-16-7-3-5-9-19(16)20/h2-9,12-13,17H,10-11H2,1H3,(H,25,27)(H,26,28). The molecule has 2 amide bonds. The van der Waals surface area contributed by atoms with E-state index in [4.69, 9.17) is 0 Å². The third-order valence-corrected chi connectivity index (χ3v) is 5.02. The van der Waals surface area contributed by atoms with E-state index in [0.717, 1.165) is 27.1 Å². The number of carbonyl (C=O) groups is 2. The summed E-state index contributed by atoms with van der Waals surface area (Å²) in [5.74, 6) is -0.721. The molecule has 6 nitrogen and oxygen atoms in total. The third-order valence-electron chi connectivity index (χ3n) is 5.02. The Labute approximate surface area is 162 Å². The minimum Gasteiger partial charge on any atom is -0.273 e. The number of nitrogens with one attached hydrogen (secondary N) is 2. The molecule has 1 aliphatic rings. The second-order valence-corrected chi connectivity index (χ2v) is 6.85. The molecule has 0 aromatic heterocycles. The number of hydrazone groups is 2. The van der Waals surface area contributed by atoms with Crippen LogP contribution in [0.2, 0.25) is 0 Å². The smallest absolute Gasteiger partial charge is 0.248 e. The lowest BCUT2D eigenvalue weighted by Crippen LogP contribution is -2.25. The molecule has 0 aliphatic carbocycles. The predicted molar refractivity (Wildman–Crippen MR) is 111 cm³/mol. The Hall–Kier alpha value is -3.54. The van der Waals surface area contributed by atoms with Crippen LogP contribution in [0.5, 0.6) is 0 Å². The van der Waals surface area contributed by atoms with Crippen molar-refractivity contribution in [1.82, 2.24) is 10.9 Å². The molecule has 1 atom stereocenters. The summed E-state index contributed by atoms with van der Waals surface area (Å²) in [6, 6.07) is 18.4. The molecule has 1 unspecified atom stereocenters. The zero-order chi connectivity index (χ0) is 19.5. The Morgan fingerprint density at radius 3 is 2.39 bits per heavy atom. The van der Waals surface area contributed by atoms with Gasteiger partial charge in [-0.15, -0.1) is 0 Å². The van der Waals surface area contributed by atoms with Crippen LogP contribution in [0.15, 0.2) is 64.8 Å². The number of rotatable bonds is 5. The zero-order valence-electron chi connectivity index (χ0n) is 15.5. The van der Waals surface area contributed by atoms with Crippen molar-refractivity contribution < 1.29 is 9.59 Å². The highest BCUT2D eigenvalue weighted by Gasteiger charge is 2.26. The molecule has 0 spiro atoms. The molecule has 0 saturated carbocycles. The Morgan fingerprint density at radius 2 is 1.79 bits per heavy atom. The van der Waals surface area contributed by atoms with E-state index in [9.17, 15) is 9.59 Å². The van der Waals surface area contributed by atoms with Crippen LogP contribution >= 0.6 is 0 Å². The second kappa shape index (κ2) is 7.60. The van der Waals surface area contributed by atoms with Gasteiger partial charge in [-0.25, -0.2) is 10.9 Å². The molecule has 4 rings (SSSR count). The van der Waals surface area contributed by atoms with Crippen LogP contribution in [0.3, 0.4) is 0 Å². The van der Waals surface area contributed by atoms with Gasteiger partial charge in [-0.2, -0.15) is 10.2 Å². The lowest BCUT2D eigenvalue weighted by atomic mass is 9.97. The van der Waals surface area contributed by atoms with Gasteiger partial charge in [-0.1, -0.05) is 48.5 Å². The average molecular weight is 372 g/mol. The monoisotopic (exact) mass is 372 g/mol. The van der Waals surface area contributed by atoms with Crippen LogP contribution in [-0.2, 0) is 9.59 Å². The Balaban J connectivity index is 1.51. The molecule has 0 bridgehead atoms. The molecule has 6 heteroatoms. The van der Waals surface area contributed by atoms with Crippen LogP contribution < -0.4 is 10.9 Å². The number of nitrogens with zero attached hydrogens (tertiary/aromatic N) is 2. The highest BCUT2D eigenvalue weighted by molar-refractivity contribution is 6.13. The first kappa shape index (κ1) is 17.9. The van der Waals surface area contributed by atoms with Gasteiger partial charge in [0.05, 0.1) is 12.1 Å². The maximum atomic E-state index is 12.1. The number of hydrogen-bond donors (Lipinski definition) is 2. The van der Waals surface area contributed by atoms with Gasteiger partial charge in [0, 0.05) is 17.7 Å². The first-order chi connectivity index (χ1) is 13.6. The van der Waals surface area contributed by atoms with Crippen molar-refractivity contribution in [2.24, 2.45) is 16.1 Å². The minimum absolute atomic E-state index is 0.156. The van der Waals surface area contributed by atoms with Gasteiger partial charge >= 0.3 is 0 Å². The quantitative estimate of drug-likeness (QED) is 0.409. The van der Waals surface area contributed by atoms with Crippen molar-refractivity contribution >= 4 is 45.3 Å². The van der Waals surface area contributed by atoms with Crippen LogP contribution in [-0.4, -0.2) is 23.7 Å². The summed E-state index contributed by atoms with van der Waals surface area (Å²) in [5.41, 5.74) is 6.68. The number of amides is 2. The molecule has 3 aromatic carbocycles. The molecular formula is C22H20N4O2. The molecule has 1 aliphatic heterocycles. The first-order valence-corrected chi connectivity index (χ1v) is 9.20. The average Bonchev–Trinajstić information content (AvgIpc) is 3.03. The van der Waals surface area contributed by atoms with E-state index in [-0.39, 0.29) is 24.2 Å². The van der Waals surface area contributed by atoms with E-state index in [2.05, 4.69) is 39.3 Å². The number of benzene rings is 3. The number of hydrogen-bond acceptors (Lipinski definition) is 4. The summed E-state index contributed by atoms with van der Waals surface area (Å²) in [6.45, 7) is 1.78. The SMILES string of the molecule is CC1=NNC(=O)C1CCC(=O)NN=Cc1c2ccccc2cc2ccccc12. The van der Waals surface area contributed by atoms with E-state index in [1.54, 1.807) is 13.1 Å². The summed E-state index contributed by atoms with van der Waals surface area (Å²) in [6.07, 6.45) is 2.32. The highest BCUT2D eigenvalue weighted by atomic mass is 16.2. The van der Waals surface area contributed by atoms with E-state index < -0.39 is 0 Å². The van der Waals surface area contributed by atoms with E-state index in [0.29, 0.717) is 12.1 Å². The van der Waals surface area contributed by atoms with Gasteiger partial charge in [0.25, 0.3) is 0 Å². The van der Waals surface area contributed by atoms with Crippen LogP contribution in [0, 0.1) is 5.92 Å². The first-order valence-electron chi connectivity index (χ1n) is 9.20. The molecule has 0 radical (unpaired) electrons. The molecule has 0 fully saturated rings. The van der Waals surface area contributed by atoms with Gasteiger partial charge in [-0.3, -0.25) is 9.59 Å². The maximum absolute atomic E-state index is 12.1. The molecular weight excluding hydrogens is 352 g/mol. The fourth-order valence-electron chi connectivity index (χ4n) is 3.52. The molecule has 2 N–H and O–H groups in total. The second-order valence-electron chi connectivity index (χ2n) is 6.85. The topological polar surface area (TPSA) is 82.9 Å².